The normalized spacial score (nSPS) is 12.2. The van der Waals surface area contributed by atoms with Crippen molar-refractivity contribution in [2.45, 2.75) is 86.4 Å². The molecule has 1 aromatic carbocycles. The number of aliphatic imine (C=N–C) groups is 1. The van der Waals surface area contributed by atoms with Gasteiger partial charge in [-0.3, -0.25) is 10.4 Å². The number of hydrogen-bond donors (Lipinski definition) is 3. The summed E-state index contributed by atoms with van der Waals surface area (Å²) in [5.41, 5.74) is 7.73. The van der Waals surface area contributed by atoms with Gasteiger partial charge in [0.05, 0.1) is 11.5 Å². The minimum Gasteiger partial charge on any atom is -0.403 e. The highest BCUT2D eigenvalue weighted by Crippen LogP contribution is 2.29. The number of alkyl halides is 3. The Hall–Kier alpha value is -3.69. The number of nitrogens with two attached hydrogens (primary N) is 1. The molecule has 1 heterocycles. The second-order valence-electron chi connectivity index (χ2n) is 8.69. The van der Waals surface area contributed by atoms with Crippen LogP contribution in [0.4, 0.5) is 29.1 Å². The molecule has 10 heteroatoms. The number of allylic oxidation sites excluding steroid dienone is 2. The Balaban J connectivity index is 0.00000177. The first-order chi connectivity index (χ1) is 19.5. The number of hydrogen-bond acceptors (Lipinski definition) is 5. The molecule has 0 unspecified atom stereocenters. The SMILES string of the molecule is C=CC(=NC(=CC)c1ccc(Nc2ccc(OC(F)(F)F)c(F)c2)nc1)[C@@H](CC)CCCC.CC.CCCC(=N)N. The molecule has 0 saturated heterocycles. The molecule has 0 aliphatic rings. The van der Waals surface area contributed by atoms with E-state index in [0.29, 0.717) is 11.7 Å². The third kappa shape index (κ3) is 15.0. The summed E-state index contributed by atoms with van der Waals surface area (Å²) in [6, 6.07) is 6.61. The van der Waals surface area contributed by atoms with Crippen LogP contribution in [-0.4, -0.2) is 22.9 Å². The minimum atomic E-state index is -4.96. The molecular formula is C31H45F4N5O. The topological polar surface area (TPSA) is 96.4 Å². The number of benzene rings is 1. The summed E-state index contributed by atoms with van der Waals surface area (Å²) in [6.07, 6.45) is 6.37. The maximum atomic E-state index is 13.9. The third-order valence-corrected chi connectivity index (χ3v) is 5.56. The smallest absolute Gasteiger partial charge is 0.403 e. The zero-order valence-electron chi connectivity index (χ0n) is 25.0. The maximum absolute atomic E-state index is 13.9. The van der Waals surface area contributed by atoms with Crippen molar-refractivity contribution in [1.29, 1.82) is 5.41 Å². The van der Waals surface area contributed by atoms with Gasteiger partial charge >= 0.3 is 6.36 Å². The van der Waals surface area contributed by atoms with E-state index in [1.165, 1.54) is 6.07 Å². The zero-order valence-corrected chi connectivity index (χ0v) is 25.0. The van der Waals surface area contributed by atoms with Crippen LogP contribution in [-0.2, 0) is 0 Å². The molecule has 1 aromatic heterocycles. The molecule has 0 aliphatic heterocycles. The van der Waals surface area contributed by atoms with Crippen LogP contribution in [0.5, 0.6) is 5.75 Å². The van der Waals surface area contributed by atoms with Gasteiger partial charge in [0.1, 0.15) is 5.82 Å². The summed E-state index contributed by atoms with van der Waals surface area (Å²) in [7, 11) is 0. The van der Waals surface area contributed by atoms with Gasteiger partial charge < -0.3 is 15.8 Å². The van der Waals surface area contributed by atoms with Gasteiger partial charge in [-0.2, -0.15) is 0 Å². The Labute approximate surface area is 242 Å². The Kier molecular flexibility index (Phi) is 18.4. The average Bonchev–Trinajstić information content (AvgIpc) is 2.93. The van der Waals surface area contributed by atoms with Crippen molar-refractivity contribution in [3.05, 3.63) is 66.6 Å². The van der Waals surface area contributed by atoms with Crippen LogP contribution < -0.4 is 15.8 Å². The van der Waals surface area contributed by atoms with Crippen LogP contribution >= 0.6 is 0 Å². The van der Waals surface area contributed by atoms with Crippen molar-refractivity contribution < 1.29 is 22.3 Å². The van der Waals surface area contributed by atoms with Gasteiger partial charge in [-0.1, -0.05) is 60.1 Å². The predicted molar refractivity (Wildman–Crippen MR) is 163 cm³/mol. The van der Waals surface area contributed by atoms with E-state index in [0.717, 1.165) is 67.6 Å². The van der Waals surface area contributed by atoms with Crippen LogP contribution in [0.25, 0.3) is 5.70 Å². The number of nitrogens with one attached hydrogen (secondary N) is 2. The summed E-state index contributed by atoms with van der Waals surface area (Å²) in [6.45, 7) is 16.1. The van der Waals surface area contributed by atoms with Gasteiger partial charge in [-0.05, 0) is 56.5 Å². The van der Waals surface area contributed by atoms with Gasteiger partial charge in [-0.15, -0.1) is 13.2 Å². The van der Waals surface area contributed by atoms with Crippen molar-refractivity contribution in [2.75, 3.05) is 5.32 Å². The standard InChI is InChI=1S/C25H29F4N3O.C4H10N2.C2H6/c1-5-9-10-17(6-2)21(7-3)32-22(8-4)18-11-14-24(30-16-18)31-19-12-13-23(20(26)15-19)33-25(27,28)29;1-2-3-4(5)6;1-2/h7-8,11-17H,3,5-6,9-10H2,1-2,4H3,(H,30,31);2-3H2,1H3,(H3,5,6);1-2H3/t17-;;/m0../s1. The number of nitrogens with zero attached hydrogens (tertiary/aromatic N) is 2. The summed E-state index contributed by atoms with van der Waals surface area (Å²) in [5, 5.41) is 9.53. The fourth-order valence-electron chi connectivity index (χ4n) is 3.57. The number of amidine groups is 1. The van der Waals surface area contributed by atoms with Crippen LogP contribution in [0.3, 0.4) is 0 Å². The Morgan fingerprint density at radius 1 is 1.17 bits per heavy atom. The number of anilines is 2. The molecule has 0 bridgehead atoms. The molecule has 4 N–H and O–H groups in total. The Bertz CT molecular complexity index is 1110. The second-order valence-corrected chi connectivity index (χ2v) is 8.69. The number of ether oxygens (including phenoxy) is 1. The van der Waals surface area contributed by atoms with E-state index in [2.05, 4.69) is 35.5 Å². The van der Waals surface area contributed by atoms with Crippen molar-refractivity contribution >= 4 is 28.7 Å². The van der Waals surface area contributed by atoms with Crippen molar-refractivity contribution in [3.8, 4) is 5.75 Å². The van der Waals surface area contributed by atoms with Gasteiger partial charge in [0.25, 0.3) is 0 Å². The average molecular weight is 580 g/mol. The maximum Gasteiger partial charge on any atom is 0.573 e. The van der Waals surface area contributed by atoms with E-state index in [1.807, 2.05) is 39.8 Å². The van der Waals surface area contributed by atoms with Crippen LogP contribution in [0, 0.1) is 17.1 Å². The number of aromatic nitrogens is 1. The summed E-state index contributed by atoms with van der Waals surface area (Å²) in [5.74, 6) is -0.998. The molecule has 41 heavy (non-hydrogen) atoms. The van der Waals surface area contributed by atoms with Crippen LogP contribution in [0.15, 0.2) is 60.3 Å². The number of halogens is 4. The van der Waals surface area contributed by atoms with E-state index in [-0.39, 0.29) is 11.5 Å². The van der Waals surface area contributed by atoms with Crippen molar-refractivity contribution in [3.63, 3.8) is 0 Å². The van der Waals surface area contributed by atoms with Crippen molar-refractivity contribution in [1.82, 2.24) is 4.98 Å². The third-order valence-electron chi connectivity index (χ3n) is 5.56. The van der Waals surface area contributed by atoms with E-state index < -0.39 is 17.9 Å². The number of rotatable bonds is 13. The summed E-state index contributed by atoms with van der Waals surface area (Å²) < 4.78 is 54.4. The summed E-state index contributed by atoms with van der Waals surface area (Å²) in [4.78, 5) is 9.14. The lowest BCUT2D eigenvalue weighted by Crippen LogP contribution is -2.17. The molecule has 2 aromatic rings. The second kappa shape index (κ2) is 20.2. The first-order valence-electron chi connectivity index (χ1n) is 14.0. The number of pyridine rings is 1. The van der Waals surface area contributed by atoms with Gasteiger partial charge in [0, 0.05) is 41.6 Å². The Morgan fingerprint density at radius 2 is 1.85 bits per heavy atom. The highest BCUT2D eigenvalue weighted by atomic mass is 19.4. The molecule has 2 rings (SSSR count). The lowest BCUT2D eigenvalue weighted by atomic mass is 9.93. The van der Waals surface area contributed by atoms with E-state index in [4.69, 9.17) is 16.1 Å². The lowest BCUT2D eigenvalue weighted by molar-refractivity contribution is -0.275. The first-order valence-corrected chi connectivity index (χ1v) is 14.0. The molecule has 0 aliphatic carbocycles. The minimum absolute atomic E-state index is 0.238. The Morgan fingerprint density at radius 3 is 2.27 bits per heavy atom. The molecule has 1 atom stereocenters. The zero-order chi connectivity index (χ0) is 31.4. The highest BCUT2D eigenvalue weighted by Gasteiger charge is 2.32. The predicted octanol–water partition coefficient (Wildman–Crippen LogP) is 9.82. The molecule has 228 valence electrons. The van der Waals surface area contributed by atoms with Crippen LogP contribution in [0.2, 0.25) is 0 Å². The van der Waals surface area contributed by atoms with E-state index in [9.17, 15) is 17.6 Å². The van der Waals surface area contributed by atoms with Gasteiger partial charge in [-0.25, -0.2) is 9.37 Å². The largest absolute Gasteiger partial charge is 0.573 e. The molecule has 0 radical (unpaired) electrons. The van der Waals surface area contributed by atoms with Gasteiger partial charge in [0.15, 0.2) is 11.6 Å². The fourth-order valence-corrected chi connectivity index (χ4v) is 3.57. The molecule has 0 fully saturated rings. The quantitative estimate of drug-likeness (QED) is 0.125. The molecule has 0 saturated carbocycles. The highest BCUT2D eigenvalue weighted by molar-refractivity contribution is 5.99. The van der Waals surface area contributed by atoms with E-state index >= 15 is 0 Å². The molecule has 0 spiro atoms. The molecular weight excluding hydrogens is 534 g/mol. The fraction of sp³-hybridized carbons (Fsp3) is 0.452. The van der Waals surface area contributed by atoms with Gasteiger partial charge in [0.2, 0.25) is 0 Å². The monoisotopic (exact) mass is 579 g/mol. The van der Waals surface area contributed by atoms with Crippen LogP contribution in [0.1, 0.15) is 85.6 Å². The molecule has 6 nitrogen and oxygen atoms in total. The first kappa shape index (κ1) is 37.3. The molecule has 0 amide bonds. The lowest BCUT2D eigenvalue weighted by Gasteiger charge is -2.16. The number of unbranched alkanes of at least 4 members (excludes halogenated alkanes) is 1. The van der Waals surface area contributed by atoms with E-state index in [1.54, 1.807) is 18.3 Å². The van der Waals surface area contributed by atoms with Crippen molar-refractivity contribution in [2.24, 2.45) is 16.6 Å². The summed E-state index contributed by atoms with van der Waals surface area (Å²) >= 11 is 0.